The van der Waals surface area contributed by atoms with Crippen molar-refractivity contribution in [1.82, 2.24) is 0 Å². The summed E-state index contributed by atoms with van der Waals surface area (Å²) in [5.41, 5.74) is 8.53. The molecule has 0 spiro atoms. The van der Waals surface area contributed by atoms with Crippen LogP contribution in [0.5, 0.6) is 0 Å². The van der Waals surface area contributed by atoms with Crippen molar-refractivity contribution in [3.05, 3.63) is 179 Å². The number of halogens is 2. The topological polar surface area (TPSA) is 26.3 Å². The van der Waals surface area contributed by atoms with Gasteiger partial charge in [0.05, 0.1) is 8.95 Å². The average Bonchev–Trinajstić information content (AvgIpc) is 3.77. The molecule has 0 atom stereocenters. The standard InChI is InChI=1S/C24H13BrO.C24H15BrO/c25-22-11-5-10-18-21-12-19-16-8-3-1-6-14(16)15-7-2-4-9-17(15)20(19)13-23(21)26-24(18)22;25-22-12-6-11-20-21-15-17(13-14-23(21)26-24(20)22)19-10-5-4-9-18(19)16-7-2-1-3-8-16/h1-13H;1-15H. The van der Waals surface area contributed by atoms with E-state index >= 15 is 0 Å². The Hall–Kier alpha value is -5.68. The highest BCUT2D eigenvalue weighted by Gasteiger charge is 2.15. The quantitative estimate of drug-likeness (QED) is 0.163. The smallest absolute Gasteiger partial charge is 0.149 e. The fourth-order valence-corrected chi connectivity index (χ4v) is 8.59. The van der Waals surface area contributed by atoms with Gasteiger partial charge in [0.1, 0.15) is 22.3 Å². The molecule has 0 fully saturated rings. The van der Waals surface area contributed by atoms with Gasteiger partial charge in [0.25, 0.3) is 0 Å². The van der Waals surface area contributed by atoms with Crippen LogP contribution in [-0.2, 0) is 0 Å². The molecule has 0 amide bonds. The Kier molecular flexibility index (Phi) is 7.49. The molecule has 0 saturated carbocycles. The first-order valence-electron chi connectivity index (χ1n) is 17.2. The van der Waals surface area contributed by atoms with E-state index in [1.807, 2.05) is 24.3 Å². The van der Waals surface area contributed by atoms with Crippen molar-refractivity contribution in [1.29, 1.82) is 0 Å². The van der Waals surface area contributed by atoms with Gasteiger partial charge in [-0.15, -0.1) is 0 Å². The third-order valence-electron chi connectivity index (χ3n) is 10.1. The first-order chi connectivity index (χ1) is 25.6. The van der Waals surface area contributed by atoms with Crippen molar-refractivity contribution in [2.75, 3.05) is 0 Å². The molecule has 9 aromatic carbocycles. The van der Waals surface area contributed by atoms with Crippen LogP contribution in [0.15, 0.2) is 188 Å². The molecule has 4 heteroatoms. The van der Waals surface area contributed by atoms with Gasteiger partial charge in [-0.25, -0.2) is 0 Å². The molecule has 11 aromatic rings. The summed E-state index contributed by atoms with van der Waals surface area (Å²) in [5, 5.41) is 12.2. The van der Waals surface area contributed by atoms with Crippen LogP contribution in [0.4, 0.5) is 0 Å². The van der Waals surface area contributed by atoms with Crippen LogP contribution in [0.3, 0.4) is 0 Å². The summed E-state index contributed by atoms with van der Waals surface area (Å²) in [6, 6.07) is 59.7. The lowest BCUT2D eigenvalue weighted by Crippen LogP contribution is -1.84. The van der Waals surface area contributed by atoms with E-state index in [0.717, 1.165) is 52.8 Å². The van der Waals surface area contributed by atoms with Crippen molar-refractivity contribution in [2.24, 2.45) is 0 Å². The number of hydrogen-bond acceptors (Lipinski definition) is 2. The second kappa shape index (κ2) is 12.5. The Morgan fingerprint density at radius 2 is 0.750 bits per heavy atom. The second-order valence-corrected chi connectivity index (χ2v) is 14.8. The largest absolute Gasteiger partial charge is 0.455 e. The molecule has 0 saturated heterocycles. The van der Waals surface area contributed by atoms with Gasteiger partial charge in [-0.3, -0.25) is 0 Å². The number of furan rings is 2. The number of rotatable bonds is 2. The van der Waals surface area contributed by atoms with Gasteiger partial charge in [0.15, 0.2) is 0 Å². The number of para-hydroxylation sites is 2. The van der Waals surface area contributed by atoms with Crippen LogP contribution < -0.4 is 0 Å². The van der Waals surface area contributed by atoms with E-state index in [1.165, 1.54) is 54.6 Å². The number of benzene rings is 9. The zero-order valence-electron chi connectivity index (χ0n) is 27.7. The lowest BCUT2D eigenvalue weighted by molar-refractivity contribution is 0.666. The molecule has 0 bridgehead atoms. The third-order valence-corrected chi connectivity index (χ3v) is 11.3. The molecular weight excluding hydrogens is 768 g/mol. The van der Waals surface area contributed by atoms with E-state index in [1.54, 1.807) is 0 Å². The Labute approximate surface area is 316 Å². The third kappa shape index (κ3) is 5.05. The lowest BCUT2D eigenvalue weighted by atomic mass is 9.93. The van der Waals surface area contributed by atoms with Gasteiger partial charge in [0.2, 0.25) is 0 Å². The second-order valence-electron chi connectivity index (χ2n) is 13.0. The Bertz CT molecular complexity index is 3150. The average molecular weight is 797 g/mol. The zero-order valence-corrected chi connectivity index (χ0v) is 30.9. The van der Waals surface area contributed by atoms with Gasteiger partial charge in [-0.2, -0.15) is 0 Å². The SMILES string of the molecule is Brc1cccc2c1oc1cc3c4ccccc4c4ccccc4c3cc12.Brc1cccc2c1oc1ccc(-c3ccccc3-c3ccccc3)cc12. The normalized spacial score (nSPS) is 11.7. The molecule has 0 N–H and O–H groups in total. The molecule has 11 rings (SSSR count). The number of hydrogen-bond donors (Lipinski definition) is 0. The Balaban J connectivity index is 0.000000130. The summed E-state index contributed by atoms with van der Waals surface area (Å²) < 4.78 is 14.2. The van der Waals surface area contributed by atoms with Crippen LogP contribution in [-0.4, -0.2) is 0 Å². The Morgan fingerprint density at radius 1 is 0.288 bits per heavy atom. The minimum absolute atomic E-state index is 0.899. The van der Waals surface area contributed by atoms with Crippen molar-refractivity contribution >= 4 is 108 Å². The van der Waals surface area contributed by atoms with Crippen molar-refractivity contribution in [3.63, 3.8) is 0 Å². The molecule has 0 unspecified atom stereocenters. The summed E-state index contributed by atoms with van der Waals surface area (Å²) in [5.74, 6) is 0. The maximum atomic E-state index is 6.21. The maximum absolute atomic E-state index is 6.21. The Morgan fingerprint density at radius 3 is 1.37 bits per heavy atom. The van der Waals surface area contributed by atoms with Crippen LogP contribution in [0, 0.1) is 0 Å². The van der Waals surface area contributed by atoms with E-state index in [4.69, 9.17) is 8.83 Å². The van der Waals surface area contributed by atoms with Crippen LogP contribution in [0.1, 0.15) is 0 Å². The van der Waals surface area contributed by atoms with Crippen molar-refractivity contribution in [2.45, 2.75) is 0 Å². The first kappa shape index (κ1) is 31.1. The molecular formula is C48H28Br2O2. The van der Waals surface area contributed by atoms with Gasteiger partial charge >= 0.3 is 0 Å². The highest BCUT2D eigenvalue weighted by atomic mass is 79.9. The molecule has 246 valence electrons. The minimum Gasteiger partial charge on any atom is -0.455 e. The summed E-state index contributed by atoms with van der Waals surface area (Å²) in [6.07, 6.45) is 0. The summed E-state index contributed by atoms with van der Waals surface area (Å²) in [4.78, 5) is 0. The first-order valence-corrected chi connectivity index (χ1v) is 18.8. The van der Waals surface area contributed by atoms with Crippen LogP contribution in [0.2, 0.25) is 0 Å². The van der Waals surface area contributed by atoms with Crippen LogP contribution >= 0.6 is 31.9 Å². The molecule has 0 aliphatic heterocycles. The van der Waals surface area contributed by atoms with Crippen LogP contribution in [0.25, 0.3) is 98.4 Å². The summed E-state index contributed by atoms with van der Waals surface area (Å²) in [6.45, 7) is 0. The summed E-state index contributed by atoms with van der Waals surface area (Å²) in [7, 11) is 0. The highest BCUT2D eigenvalue weighted by Crippen LogP contribution is 2.41. The lowest BCUT2D eigenvalue weighted by Gasteiger charge is -2.10. The van der Waals surface area contributed by atoms with Crippen molar-refractivity contribution < 1.29 is 8.83 Å². The fraction of sp³-hybridized carbons (Fsp3) is 0. The monoisotopic (exact) mass is 794 g/mol. The van der Waals surface area contributed by atoms with E-state index in [2.05, 4.69) is 177 Å². The van der Waals surface area contributed by atoms with Gasteiger partial charge in [-0.05, 0) is 123 Å². The highest BCUT2D eigenvalue weighted by molar-refractivity contribution is 9.11. The van der Waals surface area contributed by atoms with E-state index in [9.17, 15) is 0 Å². The number of fused-ring (bicyclic) bond motifs is 12. The van der Waals surface area contributed by atoms with E-state index < -0.39 is 0 Å². The zero-order chi connectivity index (χ0) is 34.8. The van der Waals surface area contributed by atoms with Crippen molar-refractivity contribution in [3.8, 4) is 22.3 Å². The molecule has 0 radical (unpaired) electrons. The van der Waals surface area contributed by atoms with Gasteiger partial charge in [0, 0.05) is 21.5 Å². The van der Waals surface area contributed by atoms with Gasteiger partial charge in [-0.1, -0.05) is 133 Å². The predicted molar refractivity (Wildman–Crippen MR) is 226 cm³/mol. The maximum Gasteiger partial charge on any atom is 0.149 e. The van der Waals surface area contributed by atoms with E-state index in [0.29, 0.717) is 0 Å². The van der Waals surface area contributed by atoms with Gasteiger partial charge < -0.3 is 8.83 Å². The predicted octanol–water partition coefficient (Wildman–Crippen LogP) is 15.5. The minimum atomic E-state index is 0.899. The summed E-state index contributed by atoms with van der Waals surface area (Å²) >= 11 is 7.20. The molecule has 2 nitrogen and oxygen atoms in total. The molecule has 0 aliphatic carbocycles. The molecule has 52 heavy (non-hydrogen) atoms. The fourth-order valence-electron chi connectivity index (χ4n) is 7.70. The molecule has 2 heterocycles. The van der Waals surface area contributed by atoms with E-state index in [-0.39, 0.29) is 0 Å². The molecule has 2 aromatic heterocycles. The molecule has 0 aliphatic rings.